The van der Waals surface area contributed by atoms with E-state index in [1.165, 1.54) is 0 Å². The fourth-order valence-electron chi connectivity index (χ4n) is 2.25. The molecule has 0 bridgehead atoms. The summed E-state index contributed by atoms with van der Waals surface area (Å²) in [5, 5.41) is 12.4. The standard InChI is InChI=1S/C15H20N2O4/c1-17-11-9-14(21-3)13(20-2)8-10(11)7-12(17)15(19)16-5-4-6-18/h7-9,18H,4-6H2,1-3H3,(H,16,19). The molecule has 6 nitrogen and oxygen atoms in total. The Bertz CT molecular complexity index is 649. The molecule has 2 N–H and O–H groups in total. The van der Waals surface area contributed by atoms with Gasteiger partial charge in [-0.05, 0) is 18.6 Å². The zero-order chi connectivity index (χ0) is 15.4. The van der Waals surface area contributed by atoms with Gasteiger partial charge in [0.05, 0.1) is 19.7 Å². The van der Waals surface area contributed by atoms with Gasteiger partial charge < -0.3 is 24.5 Å². The van der Waals surface area contributed by atoms with E-state index in [1.54, 1.807) is 14.2 Å². The first-order valence-corrected chi connectivity index (χ1v) is 6.73. The van der Waals surface area contributed by atoms with Gasteiger partial charge in [0.1, 0.15) is 5.69 Å². The van der Waals surface area contributed by atoms with Crippen LogP contribution in [0.5, 0.6) is 11.5 Å². The van der Waals surface area contributed by atoms with Crippen LogP contribution in [0.1, 0.15) is 16.9 Å². The lowest BCUT2D eigenvalue weighted by Gasteiger charge is -2.08. The number of aliphatic hydroxyl groups excluding tert-OH is 1. The Kier molecular flexibility index (Phi) is 4.70. The molecule has 0 fully saturated rings. The number of aryl methyl sites for hydroxylation is 1. The van der Waals surface area contributed by atoms with Crippen molar-refractivity contribution in [2.75, 3.05) is 27.4 Å². The van der Waals surface area contributed by atoms with Crippen molar-refractivity contribution >= 4 is 16.8 Å². The lowest BCUT2D eigenvalue weighted by atomic mass is 10.2. The zero-order valence-corrected chi connectivity index (χ0v) is 12.5. The number of amides is 1. The molecule has 0 aliphatic rings. The summed E-state index contributed by atoms with van der Waals surface area (Å²) in [6, 6.07) is 5.50. The Morgan fingerprint density at radius 3 is 2.52 bits per heavy atom. The third-order valence-electron chi connectivity index (χ3n) is 3.40. The summed E-state index contributed by atoms with van der Waals surface area (Å²) in [6.45, 7) is 0.507. The van der Waals surface area contributed by atoms with Gasteiger partial charge in [-0.2, -0.15) is 0 Å². The van der Waals surface area contributed by atoms with Gasteiger partial charge in [-0.1, -0.05) is 0 Å². The second-order valence-electron chi connectivity index (χ2n) is 4.69. The van der Waals surface area contributed by atoms with Crippen LogP contribution in [0.2, 0.25) is 0 Å². The van der Waals surface area contributed by atoms with Gasteiger partial charge in [0, 0.05) is 31.7 Å². The van der Waals surface area contributed by atoms with Gasteiger partial charge in [0.25, 0.3) is 5.91 Å². The van der Waals surface area contributed by atoms with Crippen LogP contribution in [0.25, 0.3) is 10.9 Å². The number of benzene rings is 1. The Hall–Kier alpha value is -2.21. The molecule has 0 aliphatic carbocycles. The van der Waals surface area contributed by atoms with Gasteiger partial charge in [-0.3, -0.25) is 4.79 Å². The van der Waals surface area contributed by atoms with E-state index in [0.717, 1.165) is 10.9 Å². The minimum Gasteiger partial charge on any atom is -0.493 e. The van der Waals surface area contributed by atoms with E-state index in [-0.39, 0.29) is 12.5 Å². The molecule has 0 aliphatic heterocycles. The smallest absolute Gasteiger partial charge is 0.267 e. The van der Waals surface area contributed by atoms with Crippen molar-refractivity contribution < 1.29 is 19.4 Å². The number of fused-ring (bicyclic) bond motifs is 1. The van der Waals surface area contributed by atoms with Gasteiger partial charge in [-0.15, -0.1) is 0 Å². The molecule has 1 heterocycles. The molecule has 0 radical (unpaired) electrons. The number of carbonyl (C=O) groups is 1. The monoisotopic (exact) mass is 292 g/mol. The quantitative estimate of drug-likeness (QED) is 0.787. The van der Waals surface area contributed by atoms with Crippen LogP contribution in [0.4, 0.5) is 0 Å². The lowest BCUT2D eigenvalue weighted by Crippen LogP contribution is -2.26. The second-order valence-corrected chi connectivity index (χ2v) is 4.69. The highest BCUT2D eigenvalue weighted by Gasteiger charge is 2.15. The Morgan fingerprint density at radius 1 is 1.24 bits per heavy atom. The van der Waals surface area contributed by atoms with Crippen molar-refractivity contribution in [3.05, 3.63) is 23.9 Å². The first kappa shape index (κ1) is 15.2. The van der Waals surface area contributed by atoms with Crippen LogP contribution < -0.4 is 14.8 Å². The van der Waals surface area contributed by atoms with Crippen LogP contribution in [0.3, 0.4) is 0 Å². The third kappa shape index (κ3) is 2.95. The lowest BCUT2D eigenvalue weighted by molar-refractivity contribution is 0.0943. The van der Waals surface area contributed by atoms with E-state index in [9.17, 15) is 4.79 Å². The van der Waals surface area contributed by atoms with Crippen molar-refractivity contribution in [3.63, 3.8) is 0 Å². The predicted molar refractivity (Wildman–Crippen MR) is 80.1 cm³/mol. The minimum atomic E-state index is -0.167. The second kappa shape index (κ2) is 6.49. The van der Waals surface area contributed by atoms with Gasteiger partial charge in [-0.25, -0.2) is 0 Å². The maximum absolute atomic E-state index is 12.1. The Morgan fingerprint density at radius 2 is 1.90 bits per heavy atom. The number of aromatic nitrogens is 1. The highest BCUT2D eigenvalue weighted by molar-refractivity contribution is 5.99. The van der Waals surface area contributed by atoms with Crippen molar-refractivity contribution in [3.8, 4) is 11.5 Å². The number of ether oxygens (including phenoxy) is 2. The molecule has 0 saturated heterocycles. The first-order chi connectivity index (χ1) is 10.1. The molecule has 2 aromatic rings. The molecule has 2 rings (SSSR count). The number of hydrogen-bond donors (Lipinski definition) is 2. The van der Waals surface area contributed by atoms with E-state index < -0.39 is 0 Å². The van der Waals surface area contributed by atoms with E-state index in [1.807, 2.05) is 29.8 Å². The summed E-state index contributed by atoms with van der Waals surface area (Å²) in [4.78, 5) is 12.1. The summed E-state index contributed by atoms with van der Waals surface area (Å²) >= 11 is 0. The largest absolute Gasteiger partial charge is 0.493 e. The molecular weight excluding hydrogens is 272 g/mol. The summed E-state index contributed by atoms with van der Waals surface area (Å²) in [7, 11) is 4.99. The average molecular weight is 292 g/mol. The molecule has 114 valence electrons. The summed E-state index contributed by atoms with van der Waals surface area (Å²) in [6.07, 6.45) is 0.539. The summed E-state index contributed by atoms with van der Waals surface area (Å²) < 4.78 is 12.4. The minimum absolute atomic E-state index is 0.0593. The Balaban J connectivity index is 2.38. The molecule has 21 heavy (non-hydrogen) atoms. The van der Waals surface area contributed by atoms with E-state index >= 15 is 0 Å². The molecule has 0 atom stereocenters. The molecule has 0 saturated carbocycles. The van der Waals surface area contributed by atoms with Crippen molar-refractivity contribution in [1.82, 2.24) is 9.88 Å². The highest BCUT2D eigenvalue weighted by atomic mass is 16.5. The fraction of sp³-hybridized carbons (Fsp3) is 0.400. The number of rotatable bonds is 6. The first-order valence-electron chi connectivity index (χ1n) is 6.73. The molecular formula is C15H20N2O4. The normalized spacial score (nSPS) is 10.7. The Labute approximate surface area is 123 Å². The van der Waals surface area contributed by atoms with Crippen molar-refractivity contribution in [2.45, 2.75) is 6.42 Å². The number of nitrogens with zero attached hydrogens (tertiary/aromatic N) is 1. The van der Waals surface area contributed by atoms with Crippen molar-refractivity contribution in [2.24, 2.45) is 7.05 Å². The van der Waals surface area contributed by atoms with E-state index in [0.29, 0.717) is 30.2 Å². The molecule has 6 heteroatoms. The summed E-state index contributed by atoms with van der Waals surface area (Å²) in [5.41, 5.74) is 1.44. The molecule has 1 aromatic carbocycles. The maximum Gasteiger partial charge on any atom is 0.267 e. The maximum atomic E-state index is 12.1. The van der Waals surface area contributed by atoms with E-state index in [4.69, 9.17) is 14.6 Å². The topological polar surface area (TPSA) is 72.7 Å². The highest BCUT2D eigenvalue weighted by Crippen LogP contribution is 2.33. The number of aliphatic hydroxyl groups is 1. The van der Waals surface area contributed by atoms with Crippen LogP contribution in [0.15, 0.2) is 18.2 Å². The number of nitrogens with one attached hydrogen (secondary N) is 1. The molecule has 0 spiro atoms. The third-order valence-corrected chi connectivity index (χ3v) is 3.40. The fourth-order valence-corrected chi connectivity index (χ4v) is 2.25. The molecule has 1 aromatic heterocycles. The van der Waals surface area contributed by atoms with Crippen molar-refractivity contribution in [1.29, 1.82) is 0 Å². The average Bonchev–Trinajstić information content (AvgIpc) is 2.82. The zero-order valence-electron chi connectivity index (χ0n) is 12.5. The number of hydrogen-bond acceptors (Lipinski definition) is 4. The van der Waals surface area contributed by atoms with Gasteiger partial charge in [0.2, 0.25) is 0 Å². The molecule has 0 unspecified atom stereocenters. The summed E-state index contributed by atoms with van der Waals surface area (Å²) in [5.74, 6) is 1.08. The SMILES string of the molecule is COc1cc2cc(C(=O)NCCCO)n(C)c2cc1OC. The predicted octanol–water partition coefficient (Wildman–Crippen LogP) is 1.31. The molecule has 1 amide bonds. The van der Waals surface area contributed by atoms with E-state index in [2.05, 4.69) is 5.32 Å². The van der Waals surface area contributed by atoms with Crippen LogP contribution in [-0.4, -0.2) is 43.0 Å². The number of methoxy groups -OCH3 is 2. The van der Waals surface area contributed by atoms with Gasteiger partial charge >= 0.3 is 0 Å². The van der Waals surface area contributed by atoms with Crippen LogP contribution >= 0.6 is 0 Å². The van der Waals surface area contributed by atoms with Gasteiger partial charge in [0.15, 0.2) is 11.5 Å². The number of carbonyl (C=O) groups excluding carboxylic acids is 1. The van der Waals surface area contributed by atoms with Crippen LogP contribution in [-0.2, 0) is 7.05 Å². The van der Waals surface area contributed by atoms with Crippen LogP contribution in [0, 0.1) is 0 Å².